The van der Waals surface area contributed by atoms with E-state index in [1.54, 1.807) is 6.07 Å². The number of rotatable bonds is 3. The summed E-state index contributed by atoms with van der Waals surface area (Å²) in [4.78, 5) is 14.0. The van der Waals surface area contributed by atoms with Crippen LogP contribution in [0.4, 0.5) is 23.7 Å². The summed E-state index contributed by atoms with van der Waals surface area (Å²) in [6.07, 6.45) is -2.38. The van der Waals surface area contributed by atoms with E-state index < -0.39 is 17.8 Å². The maximum Gasteiger partial charge on any atom is 0.418 e. The highest BCUT2D eigenvalue weighted by Gasteiger charge is 2.36. The number of aromatic nitrogens is 1. The number of amides is 2. The van der Waals surface area contributed by atoms with E-state index >= 15 is 0 Å². The van der Waals surface area contributed by atoms with Gasteiger partial charge in [-0.3, -0.25) is 0 Å². The van der Waals surface area contributed by atoms with Crippen LogP contribution in [0.5, 0.6) is 0 Å². The molecule has 1 aliphatic heterocycles. The molecule has 1 aromatic carbocycles. The minimum atomic E-state index is -4.53. The Labute approximate surface area is 142 Å². The van der Waals surface area contributed by atoms with Gasteiger partial charge in [0.2, 0.25) is 0 Å². The minimum absolute atomic E-state index is 0.252. The van der Waals surface area contributed by atoms with Crippen molar-refractivity contribution in [1.82, 2.24) is 10.1 Å². The van der Waals surface area contributed by atoms with E-state index in [1.807, 2.05) is 6.92 Å². The average molecular weight is 353 g/mol. The van der Waals surface area contributed by atoms with Crippen molar-refractivity contribution in [2.75, 3.05) is 11.9 Å². The highest BCUT2D eigenvalue weighted by Crippen LogP contribution is 2.36. The molecule has 1 fully saturated rings. The first-order valence-electron chi connectivity index (χ1n) is 8.09. The number of aryl methyl sites for hydroxylation is 1. The van der Waals surface area contributed by atoms with E-state index in [1.165, 1.54) is 23.1 Å². The predicted molar refractivity (Wildman–Crippen MR) is 85.0 cm³/mol. The molecule has 2 amide bonds. The van der Waals surface area contributed by atoms with Gasteiger partial charge >= 0.3 is 12.2 Å². The standard InChI is InChI=1S/C17H18F3N3O2/c1-2-11-10-15(25-22-11)14-8-5-9-23(14)16(24)21-13-7-4-3-6-12(13)17(18,19)20/h3-4,6-7,10,14H,2,5,8-9H2,1H3,(H,21,24). The summed E-state index contributed by atoms with van der Waals surface area (Å²) in [6, 6.07) is 5.84. The van der Waals surface area contributed by atoms with Crippen LogP contribution in [0.25, 0.3) is 0 Å². The largest absolute Gasteiger partial charge is 0.418 e. The molecule has 8 heteroatoms. The summed E-state index contributed by atoms with van der Waals surface area (Å²) in [5.74, 6) is 0.564. The average Bonchev–Trinajstić information content (AvgIpc) is 3.23. The van der Waals surface area contributed by atoms with Crippen LogP contribution in [-0.4, -0.2) is 22.6 Å². The van der Waals surface area contributed by atoms with Gasteiger partial charge in [0.25, 0.3) is 0 Å². The normalized spacial score (nSPS) is 17.8. The maximum atomic E-state index is 13.1. The van der Waals surface area contributed by atoms with Crippen LogP contribution < -0.4 is 5.32 Å². The zero-order valence-corrected chi connectivity index (χ0v) is 13.6. The van der Waals surface area contributed by atoms with Crippen molar-refractivity contribution in [2.45, 2.75) is 38.4 Å². The third-order valence-electron chi connectivity index (χ3n) is 4.26. The van der Waals surface area contributed by atoms with Gasteiger partial charge in [0.1, 0.15) is 0 Å². The molecule has 1 aliphatic rings. The molecule has 3 rings (SSSR count). The molecule has 5 nitrogen and oxygen atoms in total. The summed E-state index contributed by atoms with van der Waals surface area (Å²) >= 11 is 0. The Bertz CT molecular complexity index is 758. The van der Waals surface area contributed by atoms with E-state index in [4.69, 9.17) is 4.52 Å². The minimum Gasteiger partial charge on any atom is -0.359 e. The third-order valence-corrected chi connectivity index (χ3v) is 4.26. The fourth-order valence-electron chi connectivity index (χ4n) is 2.98. The van der Waals surface area contributed by atoms with Gasteiger partial charge in [-0.1, -0.05) is 24.2 Å². The molecular weight excluding hydrogens is 335 g/mol. The molecule has 2 aromatic rings. The van der Waals surface area contributed by atoms with Crippen LogP contribution in [-0.2, 0) is 12.6 Å². The van der Waals surface area contributed by atoms with Gasteiger partial charge in [-0.2, -0.15) is 13.2 Å². The third kappa shape index (κ3) is 3.62. The smallest absolute Gasteiger partial charge is 0.359 e. The Morgan fingerprint density at radius 3 is 2.84 bits per heavy atom. The number of carbonyl (C=O) groups is 1. The maximum absolute atomic E-state index is 13.1. The van der Waals surface area contributed by atoms with Crippen LogP contribution in [0.3, 0.4) is 0 Å². The molecular formula is C17H18F3N3O2. The zero-order valence-electron chi connectivity index (χ0n) is 13.6. The Kier molecular flexibility index (Phi) is 4.69. The summed E-state index contributed by atoms with van der Waals surface area (Å²) in [5, 5.41) is 6.31. The molecule has 1 saturated heterocycles. The van der Waals surface area contributed by atoms with Crippen LogP contribution >= 0.6 is 0 Å². The topological polar surface area (TPSA) is 58.4 Å². The van der Waals surface area contributed by atoms with Crippen molar-refractivity contribution >= 4 is 11.7 Å². The monoisotopic (exact) mass is 353 g/mol. The molecule has 2 heterocycles. The van der Waals surface area contributed by atoms with Crippen LogP contribution in [0.1, 0.15) is 42.8 Å². The molecule has 1 atom stereocenters. The second-order valence-corrected chi connectivity index (χ2v) is 5.90. The Balaban J connectivity index is 1.79. The number of benzene rings is 1. The molecule has 0 bridgehead atoms. The predicted octanol–water partition coefficient (Wildman–Crippen LogP) is 4.62. The lowest BCUT2D eigenvalue weighted by molar-refractivity contribution is -0.136. The molecule has 0 spiro atoms. The summed E-state index contributed by atoms with van der Waals surface area (Å²) < 4.78 is 44.5. The van der Waals surface area contributed by atoms with Gasteiger partial charge in [-0.05, 0) is 31.4 Å². The number of urea groups is 1. The molecule has 1 unspecified atom stereocenters. The number of alkyl halides is 3. The number of hydrogen-bond acceptors (Lipinski definition) is 3. The molecule has 1 aromatic heterocycles. The van der Waals surface area contributed by atoms with E-state index in [2.05, 4.69) is 10.5 Å². The van der Waals surface area contributed by atoms with Crippen molar-refractivity contribution in [3.05, 3.63) is 47.3 Å². The van der Waals surface area contributed by atoms with Gasteiger partial charge in [0.15, 0.2) is 5.76 Å². The van der Waals surface area contributed by atoms with Crippen LogP contribution in [0.2, 0.25) is 0 Å². The number of halogens is 3. The molecule has 1 N–H and O–H groups in total. The second kappa shape index (κ2) is 6.78. The van der Waals surface area contributed by atoms with E-state index in [0.29, 0.717) is 25.1 Å². The molecule has 134 valence electrons. The quantitative estimate of drug-likeness (QED) is 0.876. The summed E-state index contributed by atoms with van der Waals surface area (Å²) in [6.45, 7) is 2.39. The Morgan fingerprint density at radius 1 is 1.40 bits per heavy atom. The lowest BCUT2D eigenvalue weighted by Gasteiger charge is -2.24. The number of nitrogens with one attached hydrogen (secondary N) is 1. The number of likely N-dealkylation sites (tertiary alicyclic amines) is 1. The SMILES string of the molecule is CCc1cc(C2CCCN2C(=O)Nc2ccccc2C(F)(F)F)on1. The summed E-state index contributed by atoms with van der Waals surface area (Å²) in [7, 11) is 0. The number of hydrogen-bond donors (Lipinski definition) is 1. The second-order valence-electron chi connectivity index (χ2n) is 5.90. The van der Waals surface area contributed by atoms with Crippen LogP contribution in [0, 0.1) is 0 Å². The lowest BCUT2D eigenvalue weighted by Crippen LogP contribution is -2.34. The fourth-order valence-corrected chi connectivity index (χ4v) is 2.98. The molecule has 0 saturated carbocycles. The van der Waals surface area contributed by atoms with Gasteiger partial charge in [0.05, 0.1) is 23.0 Å². The number of para-hydroxylation sites is 1. The van der Waals surface area contributed by atoms with Gasteiger partial charge in [-0.15, -0.1) is 0 Å². The van der Waals surface area contributed by atoms with Crippen molar-refractivity contribution in [2.24, 2.45) is 0 Å². The fraction of sp³-hybridized carbons (Fsp3) is 0.412. The van der Waals surface area contributed by atoms with E-state index in [9.17, 15) is 18.0 Å². The van der Waals surface area contributed by atoms with Crippen LogP contribution in [0.15, 0.2) is 34.9 Å². The van der Waals surface area contributed by atoms with E-state index in [-0.39, 0.29) is 11.7 Å². The Hall–Kier alpha value is -2.51. The first-order chi connectivity index (χ1) is 11.9. The Morgan fingerprint density at radius 2 is 2.16 bits per heavy atom. The number of nitrogens with zero attached hydrogens (tertiary/aromatic N) is 2. The molecule has 0 radical (unpaired) electrons. The highest BCUT2D eigenvalue weighted by atomic mass is 19.4. The van der Waals surface area contributed by atoms with Gasteiger partial charge in [0, 0.05) is 12.6 Å². The van der Waals surface area contributed by atoms with Crippen molar-refractivity contribution in [3.8, 4) is 0 Å². The lowest BCUT2D eigenvalue weighted by atomic mass is 10.1. The zero-order chi connectivity index (χ0) is 18.0. The first kappa shape index (κ1) is 17.3. The van der Waals surface area contributed by atoms with Crippen molar-refractivity contribution in [1.29, 1.82) is 0 Å². The molecule has 25 heavy (non-hydrogen) atoms. The van der Waals surface area contributed by atoms with Gasteiger partial charge in [-0.25, -0.2) is 4.79 Å². The van der Waals surface area contributed by atoms with Gasteiger partial charge < -0.3 is 14.7 Å². The van der Waals surface area contributed by atoms with Crippen molar-refractivity contribution in [3.63, 3.8) is 0 Å². The molecule has 0 aliphatic carbocycles. The number of carbonyl (C=O) groups excluding carboxylic acids is 1. The van der Waals surface area contributed by atoms with E-state index in [0.717, 1.165) is 18.2 Å². The highest BCUT2D eigenvalue weighted by molar-refractivity contribution is 5.90. The first-order valence-corrected chi connectivity index (χ1v) is 8.09. The summed E-state index contributed by atoms with van der Waals surface area (Å²) in [5.41, 5.74) is -0.339. The van der Waals surface area contributed by atoms with Crippen molar-refractivity contribution < 1.29 is 22.5 Å². The number of anilines is 1.